The van der Waals surface area contributed by atoms with E-state index in [4.69, 9.17) is 15.2 Å². The average Bonchev–Trinajstić information content (AvgIpc) is 2.39. The molecule has 5 heteroatoms. The number of aliphatic hydroxyl groups excluding tert-OH is 1. The topological polar surface area (TPSA) is 68.0 Å². The summed E-state index contributed by atoms with van der Waals surface area (Å²) in [6.07, 6.45) is -0.145. The van der Waals surface area contributed by atoms with E-state index in [1.165, 1.54) is 0 Å². The van der Waals surface area contributed by atoms with E-state index in [2.05, 4.69) is 11.8 Å². The van der Waals surface area contributed by atoms with Crippen molar-refractivity contribution < 1.29 is 14.6 Å². The summed E-state index contributed by atoms with van der Waals surface area (Å²) < 4.78 is 11.1. The van der Waals surface area contributed by atoms with Crippen LogP contribution in [0.2, 0.25) is 0 Å². The maximum absolute atomic E-state index is 9.23. The lowest BCUT2D eigenvalue weighted by molar-refractivity contribution is -0.0103. The Morgan fingerprint density at radius 3 is 2.95 bits per heavy atom. The fourth-order valence-electron chi connectivity index (χ4n) is 2.31. The number of benzene rings is 1. The van der Waals surface area contributed by atoms with E-state index in [1.807, 2.05) is 25.1 Å². The first kappa shape index (κ1) is 14.0. The molecule has 106 valence electrons. The highest BCUT2D eigenvalue weighted by molar-refractivity contribution is 5.61. The third kappa shape index (κ3) is 3.30. The Labute approximate surface area is 113 Å². The summed E-state index contributed by atoms with van der Waals surface area (Å²) >= 11 is 0. The van der Waals surface area contributed by atoms with E-state index in [0.29, 0.717) is 25.4 Å². The molecule has 1 saturated heterocycles. The van der Waals surface area contributed by atoms with Gasteiger partial charge in [-0.1, -0.05) is 0 Å². The van der Waals surface area contributed by atoms with Gasteiger partial charge in [0.25, 0.3) is 0 Å². The van der Waals surface area contributed by atoms with Crippen molar-refractivity contribution in [3.63, 3.8) is 0 Å². The van der Waals surface area contributed by atoms with Crippen LogP contribution in [0.1, 0.15) is 13.8 Å². The van der Waals surface area contributed by atoms with Gasteiger partial charge in [0.05, 0.1) is 25.9 Å². The Bertz CT molecular complexity index is 425. The lowest BCUT2D eigenvalue weighted by Crippen LogP contribution is -2.49. The van der Waals surface area contributed by atoms with Gasteiger partial charge in [0.1, 0.15) is 5.75 Å². The molecule has 0 aliphatic carbocycles. The molecule has 1 aromatic carbocycles. The average molecular weight is 266 g/mol. The van der Waals surface area contributed by atoms with Gasteiger partial charge in [0.15, 0.2) is 0 Å². The van der Waals surface area contributed by atoms with E-state index >= 15 is 0 Å². The van der Waals surface area contributed by atoms with Crippen molar-refractivity contribution in [3.8, 4) is 5.75 Å². The van der Waals surface area contributed by atoms with E-state index in [9.17, 15) is 5.11 Å². The largest absolute Gasteiger partial charge is 0.494 e. The second-order valence-corrected chi connectivity index (χ2v) is 4.83. The number of nitrogen functional groups attached to an aromatic ring is 1. The Hall–Kier alpha value is -1.46. The Morgan fingerprint density at radius 1 is 1.47 bits per heavy atom. The number of anilines is 2. The lowest BCUT2D eigenvalue weighted by Gasteiger charge is -2.39. The van der Waals surface area contributed by atoms with Crippen LogP contribution in [0.5, 0.6) is 5.75 Å². The third-order valence-corrected chi connectivity index (χ3v) is 3.27. The predicted octanol–water partition coefficient (Wildman–Crippen LogP) is 1.25. The quantitative estimate of drug-likeness (QED) is 0.803. The third-order valence-electron chi connectivity index (χ3n) is 3.27. The van der Waals surface area contributed by atoms with Crippen molar-refractivity contribution >= 4 is 11.4 Å². The molecule has 1 heterocycles. The molecule has 0 bridgehead atoms. The highest BCUT2D eigenvalue weighted by atomic mass is 16.5. The minimum absolute atomic E-state index is 0.0316. The number of rotatable bonds is 4. The van der Waals surface area contributed by atoms with Gasteiger partial charge in [-0.25, -0.2) is 0 Å². The molecule has 2 rings (SSSR count). The lowest BCUT2D eigenvalue weighted by atomic mass is 10.1. The van der Waals surface area contributed by atoms with Crippen LogP contribution < -0.4 is 15.4 Å². The molecule has 1 aromatic rings. The van der Waals surface area contributed by atoms with Crippen LogP contribution in [0.25, 0.3) is 0 Å². The number of hydrogen-bond acceptors (Lipinski definition) is 5. The molecule has 1 aliphatic heterocycles. The number of ether oxygens (including phenoxy) is 2. The second kappa shape index (κ2) is 6.12. The van der Waals surface area contributed by atoms with Crippen molar-refractivity contribution in [1.29, 1.82) is 0 Å². The van der Waals surface area contributed by atoms with Gasteiger partial charge < -0.3 is 25.2 Å². The van der Waals surface area contributed by atoms with Gasteiger partial charge in [-0.2, -0.15) is 0 Å². The highest BCUT2D eigenvalue weighted by Gasteiger charge is 2.26. The van der Waals surface area contributed by atoms with Crippen LogP contribution in [-0.2, 0) is 4.74 Å². The number of morpholine rings is 1. The van der Waals surface area contributed by atoms with Gasteiger partial charge >= 0.3 is 0 Å². The first-order valence-electron chi connectivity index (χ1n) is 6.66. The molecule has 19 heavy (non-hydrogen) atoms. The maximum Gasteiger partial charge on any atom is 0.123 e. The predicted molar refractivity (Wildman–Crippen MR) is 75.7 cm³/mol. The normalized spacial score (nSPS) is 23.4. The number of aliphatic hydroxyl groups is 1. The molecular weight excluding hydrogens is 244 g/mol. The number of nitrogens with zero attached hydrogens (tertiary/aromatic N) is 1. The van der Waals surface area contributed by atoms with E-state index in [-0.39, 0.29) is 18.8 Å². The number of hydrogen-bond donors (Lipinski definition) is 2. The monoisotopic (exact) mass is 266 g/mol. The minimum Gasteiger partial charge on any atom is -0.494 e. The summed E-state index contributed by atoms with van der Waals surface area (Å²) in [5.41, 5.74) is 7.61. The van der Waals surface area contributed by atoms with Crippen LogP contribution in [0.15, 0.2) is 18.2 Å². The summed E-state index contributed by atoms with van der Waals surface area (Å²) in [6, 6.07) is 5.98. The van der Waals surface area contributed by atoms with Crippen molar-refractivity contribution in [2.45, 2.75) is 26.0 Å². The van der Waals surface area contributed by atoms with Gasteiger partial charge in [0.2, 0.25) is 0 Å². The summed E-state index contributed by atoms with van der Waals surface area (Å²) in [5.74, 6) is 0.775. The SMILES string of the molecule is CCOc1cc(N)cc(N2CC(CO)OCC2C)c1. The van der Waals surface area contributed by atoms with Crippen LogP contribution in [0, 0.1) is 0 Å². The molecule has 2 atom stereocenters. The van der Waals surface area contributed by atoms with Gasteiger partial charge in [0, 0.05) is 36.1 Å². The van der Waals surface area contributed by atoms with E-state index < -0.39 is 0 Å². The first-order valence-corrected chi connectivity index (χ1v) is 6.66. The van der Waals surface area contributed by atoms with Crippen LogP contribution in [0.3, 0.4) is 0 Å². The molecular formula is C14H22N2O3. The fourth-order valence-corrected chi connectivity index (χ4v) is 2.31. The maximum atomic E-state index is 9.23. The zero-order valence-corrected chi connectivity index (χ0v) is 11.5. The number of nitrogens with two attached hydrogens (primary N) is 1. The molecule has 5 nitrogen and oxygen atoms in total. The molecule has 0 amide bonds. The van der Waals surface area contributed by atoms with E-state index in [0.717, 1.165) is 11.4 Å². The van der Waals surface area contributed by atoms with Crippen molar-refractivity contribution in [2.24, 2.45) is 0 Å². The Balaban J connectivity index is 2.23. The van der Waals surface area contributed by atoms with Gasteiger partial charge in [-0.15, -0.1) is 0 Å². The van der Waals surface area contributed by atoms with Crippen molar-refractivity contribution in [1.82, 2.24) is 0 Å². The van der Waals surface area contributed by atoms with Crippen LogP contribution in [-0.4, -0.2) is 43.6 Å². The molecule has 0 saturated carbocycles. The van der Waals surface area contributed by atoms with Crippen molar-refractivity contribution in [3.05, 3.63) is 18.2 Å². The fraction of sp³-hybridized carbons (Fsp3) is 0.571. The summed E-state index contributed by atoms with van der Waals surface area (Å²) in [5, 5.41) is 9.23. The first-order chi connectivity index (χ1) is 9.13. The summed E-state index contributed by atoms with van der Waals surface area (Å²) in [7, 11) is 0. The molecule has 0 spiro atoms. The summed E-state index contributed by atoms with van der Waals surface area (Å²) in [4.78, 5) is 2.20. The standard InChI is InChI=1S/C14H22N2O3/c1-3-18-13-5-11(15)4-12(6-13)16-7-14(8-17)19-9-10(16)2/h4-6,10,14,17H,3,7-9,15H2,1-2H3. The minimum atomic E-state index is -0.145. The van der Waals surface area contributed by atoms with E-state index in [1.54, 1.807) is 0 Å². The van der Waals surface area contributed by atoms with Gasteiger partial charge in [-0.3, -0.25) is 0 Å². The molecule has 3 N–H and O–H groups in total. The van der Waals surface area contributed by atoms with Gasteiger partial charge in [-0.05, 0) is 19.9 Å². The van der Waals surface area contributed by atoms with Crippen molar-refractivity contribution in [2.75, 3.05) is 37.0 Å². The Morgan fingerprint density at radius 2 is 2.26 bits per heavy atom. The highest BCUT2D eigenvalue weighted by Crippen LogP contribution is 2.28. The molecule has 1 fully saturated rings. The molecule has 2 unspecified atom stereocenters. The summed E-state index contributed by atoms with van der Waals surface area (Å²) in [6.45, 7) is 5.94. The second-order valence-electron chi connectivity index (χ2n) is 4.83. The zero-order valence-electron chi connectivity index (χ0n) is 11.5. The Kier molecular flexibility index (Phi) is 4.50. The van der Waals surface area contributed by atoms with Crippen LogP contribution in [0.4, 0.5) is 11.4 Å². The smallest absolute Gasteiger partial charge is 0.123 e. The molecule has 0 aromatic heterocycles. The van der Waals surface area contributed by atoms with Crippen LogP contribution >= 0.6 is 0 Å². The zero-order chi connectivity index (χ0) is 13.8. The molecule has 1 aliphatic rings. The molecule has 0 radical (unpaired) electrons.